The molecule has 0 aliphatic heterocycles. The summed E-state index contributed by atoms with van der Waals surface area (Å²) < 4.78 is 1.54. The number of hydrogen-bond donors (Lipinski definition) is 1. The van der Waals surface area contributed by atoms with Gasteiger partial charge in [-0.2, -0.15) is 10.2 Å². The molecule has 7 nitrogen and oxygen atoms in total. The van der Waals surface area contributed by atoms with Gasteiger partial charge in [-0.1, -0.05) is 42.5 Å². The Morgan fingerprint density at radius 1 is 1.10 bits per heavy atom. The highest BCUT2D eigenvalue weighted by Crippen LogP contribution is 2.19. The third-order valence-electron chi connectivity index (χ3n) is 5.06. The molecule has 0 aliphatic carbocycles. The summed E-state index contributed by atoms with van der Waals surface area (Å²) in [6, 6.07) is 17.4. The minimum Gasteiger partial charge on any atom is -0.341 e. The van der Waals surface area contributed by atoms with Gasteiger partial charge in [-0.25, -0.2) is 9.78 Å². The normalized spacial score (nSPS) is 11.0. The van der Waals surface area contributed by atoms with Crippen LogP contribution in [0.3, 0.4) is 0 Å². The summed E-state index contributed by atoms with van der Waals surface area (Å²) in [7, 11) is 1.79. The summed E-state index contributed by atoms with van der Waals surface area (Å²) in [4.78, 5) is 25.9. The molecule has 0 saturated carbocycles. The Bertz CT molecular complexity index is 1220. The van der Waals surface area contributed by atoms with Crippen molar-refractivity contribution in [3.8, 4) is 5.82 Å². The topological polar surface area (TPSA) is 83.9 Å². The van der Waals surface area contributed by atoms with E-state index in [9.17, 15) is 9.59 Å². The van der Waals surface area contributed by atoms with Crippen LogP contribution in [-0.2, 0) is 6.42 Å². The molecule has 2 aromatic heterocycles. The second-order valence-electron chi connectivity index (χ2n) is 6.95. The molecule has 0 saturated heterocycles. The minimum atomic E-state index is -0.289. The molecular weight excluding hydrogens is 366 g/mol. The molecule has 7 heteroatoms. The van der Waals surface area contributed by atoms with Gasteiger partial charge in [0.15, 0.2) is 5.82 Å². The molecule has 0 radical (unpaired) electrons. The van der Waals surface area contributed by atoms with Crippen LogP contribution in [-0.4, -0.2) is 44.4 Å². The van der Waals surface area contributed by atoms with Crippen LogP contribution >= 0.6 is 0 Å². The van der Waals surface area contributed by atoms with Crippen LogP contribution in [0.25, 0.3) is 16.6 Å². The largest absolute Gasteiger partial charge is 0.341 e. The Morgan fingerprint density at radius 2 is 1.90 bits per heavy atom. The summed E-state index contributed by atoms with van der Waals surface area (Å²) in [6.07, 6.45) is 2.30. The second-order valence-corrected chi connectivity index (χ2v) is 6.95. The Labute approximate surface area is 167 Å². The van der Waals surface area contributed by atoms with Crippen molar-refractivity contribution in [3.63, 3.8) is 0 Å². The highest BCUT2D eigenvalue weighted by molar-refractivity contribution is 5.95. The molecule has 29 heavy (non-hydrogen) atoms. The molecule has 0 aliphatic rings. The lowest BCUT2D eigenvalue weighted by Crippen LogP contribution is -2.29. The van der Waals surface area contributed by atoms with Crippen LogP contribution in [0.15, 0.2) is 65.6 Å². The second kappa shape index (κ2) is 7.71. The third kappa shape index (κ3) is 3.67. The number of aromatic nitrogens is 4. The zero-order valence-corrected chi connectivity index (χ0v) is 16.3. The predicted octanol–water partition coefficient (Wildman–Crippen LogP) is 2.73. The zero-order chi connectivity index (χ0) is 20.4. The van der Waals surface area contributed by atoms with Crippen molar-refractivity contribution in [2.45, 2.75) is 13.3 Å². The van der Waals surface area contributed by atoms with Crippen molar-refractivity contribution < 1.29 is 4.79 Å². The Balaban J connectivity index is 1.51. The molecule has 146 valence electrons. The quantitative estimate of drug-likeness (QED) is 0.571. The first-order chi connectivity index (χ1) is 14.0. The van der Waals surface area contributed by atoms with E-state index in [1.54, 1.807) is 28.9 Å². The van der Waals surface area contributed by atoms with E-state index >= 15 is 0 Å². The summed E-state index contributed by atoms with van der Waals surface area (Å²) in [5.41, 5.74) is 2.11. The maximum atomic E-state index is 12.9. The first-order valence-electron chi connectivity index (χ1n) is 9.37. The molecule has 2 aromatic carbocycles. The lowest BCUT2D eigenvalue weighted by molar-refractivity contribution is 0.0796. The smallest absolute Gasteiger partial charge is 0.264 e. The molecule has 0 spiro atoms. The molecule has 0 atom stereocenters. The van der Waals surface area contributed by atoms with Crippen LogP contribution in [0.1, 0.15) is 21.6 Å². The average molecular weight is 387 g/mol. The molecule has 0 bridgehead atoms. The number of aromatic amines is 1. The number of carbonyl (C=O) groups excluding carboxylic acids is 1. The van der Waals surface area contributed by atoms with Gasteiger partial charge in [-0.05, 0) is 35.7 Å². The van der Waals surface area contributed by atoms with E-state index in [2.05, 4.69) is 39.6 Å². The molecule has 0 fully saturated rings. The van der Waals surface area contributed by atoms with Crippen molar-refractivity contribution in [1.29, 1.82) is 0 Å². The van der Waals surface area contributed by atoms with E-state index in [-0.39, 0.29) is 11.5 Å². The number of fused-ring (bicyclic) bond motifs is 1. The minimum absolute atomic E-state index is 0.0987. The first kappa shape index (κ1) is 18.6. The van der Waals surface area contributed by atoms with Crippen molar-refractivity contribution in [3.05, 3.63) is 88.0 Å². The maximum Gasteiger partial charge on any atom is 0.264 e. The van der Waals surface area contributed by atoms with Crippen LogP contribution in [0.2, 0.25) is 0 Å². The molecule has 1 N–H and O–H groups in total. The van der Waals surface area contributed by atoms with Gasteiger partial charge < -0.3 is 4.90 Å². The molecular formula is C22H21N5O2. The number of hydrogen-bond acceptors (Lipinski definition) is 4. The van der Waals surface area contributed by atoms with Gasteiger partial charge in [0.25, 0.3) is 11.5 Å². The van der Waals surface area contributed by atoms with E-state index in [0.717, 1.165) is 6.42 Å². The number of carbonyl (C=O) groups is 1. The highest BCUT2D eigenvalue weighted by Gasteiger charge is 2.19. The average Bonchev–Trinajstić information content (AvgIpc) is 3.13. The molecule has 2 heterocycles. The van der Waals surface area contributed by atoms with Crippen LogP contribution in [0.5, 0.6) is 0 Å². The van der Waals surface area contributed by atoms with Crippen molar-refractivity contribution >= 4 is 16.7 Å². The van der Waals surface area contributed by atoms with Gasteiger partial charge in [0, 0.05) is 19.7 Å². The zero-order valence-electron chi connectivity index (χ0n) is 16.3. The highest BCUT2D eigenvalue weighted by atomic mass is 16.2. The summed E-state index contributed by atoms with van der Waals surface area (Å²) >= 11 is 0. The van der Waals surface area contributed by atoms with Gasteiger partial charge in [-0.3, -0.25) is 9.59 Å². The number of amides is 1. The fourth-order valence-electron chi connectivity index (χ4n) is 3.41. The SMILES string of the molecule is Cc1c(C(=O)N(C)CCc2cccc3ccccc23)cnn1-c1ccc(=O)[nH]n1. The third-order valence-corrected chi connectivity index (χ3v) is 5.06. The van der Waals surface area contributed by atoms with Crippen molar-refractivity contribution in [2.75, 3.05) is 13.6 Å². The summed E-state index contributed by atoms with van der Waals surface area (Å²) in [5, 5.41) is 13.0. The van der Waals surface area contributed by atoms with Gasteiger partial charge in [0.05, 0.1) is 17.5 Å². The number of H-pyrrole nitrogens is 1. The number of nitrogens with zero attached hydrogens (tertiary/aromatic N) is 4. The molecule has 0 unspecified atom stereocenters. The fourth-order valence-corrected chi connectivity index (χ4v) is 3.41. The van der Waals surface area contributed by atoms with Crippen LogP contribution < -0.4 is 5.56 Å². The number of nitrogens with one attached hydrogen (secondary N) is 1. The van der Waals surface area contributed by atoms with Gasteiger partial charge in [0.2, 0.25) is 0 Å². The Morgan fingerprint density at radius 3 is 2.69 bits per heavy atom. The standard InChI is InChI=1S/C22H21N5O2/c1-15-19(14-23-27(15)20-10-11-21(28)25-24-20)22(29)26(2)13-12-17-8-5-7-16-6-3-4-9-18(16)17/h3-11,14H,12-13H2,1-2H3,(H,25,28). The summed E-state index contributed by atoms with van der Waals surface area (Å²) in [6.45, 7) is 2.40. The molecule has 1 amide bonds. The van der Waals surface area contributed by atoms with Crippen molar-refractivity contribution in [1.82, 2.24) is 24.9 Å². The number of likely N-dealkylation sites (N-methyl/N-ethyl adjacent to an activating group) is 1. The van der Waals surface area contributed by atoms with E-state index in [4.69, 9.17) is 0 Å². The van der Waals surface area contributed by atoms with Gasteiger partial charge >= 0.3 is 0 Å². The predicted molar refractivity (Wildman–Crippen MR) is 111 cm³/mol. The van der Waals surface area contributed by atoms with E-state index in [0.29, 0.717) is 23.6 Å². The first-order valence-corrected chi connectivity index (χ1v) is 9.37. The lowest BCUT2D eigenvalue weighted by atomic mass is 10.0. The van der Waals surface area contributed by atoms with Crippen LogP contribution in [0, 0.1) is 6.92 Å². The lowest BCUT2D eigenvalue weighted by Gasteiger charge is -2.17. The van der Waals surface area contributed by atoms with E-state index < -0.39 is 0 Å². The van der Waals surface area contributed by atoms with Gasteiger partial charge in [0.1, 0.15) is 0 Å². The molecule has 4 aromatic rings. The Hall–Kier alpha value is -3.74. The Kier molecular flexibility index (Phi) is 4.95. The number of rotatable bonds is 5. The summed E-state index contributed by atoms with van der Waals surface area (Å²) in [5.74, 6) is 0.359. The maximum absolute atomic E-state index is 12.9. The molecule has 4 rings (SSSR count). The van der Waals surface area contributed by atoms with Crippen molar-refractivity contribution in [2.24, 2.45) is 0 Å². The van der Waals surface area contributed by atoms with Gasteiger partial charge in [-0.15, -0.1) is 0 Å². The fraction of sp³-hybridized carbons (Fsp3) is 0.182. The van der Waals surface area contributed by atoms with E-state index in [1.165, 1.54) is 22.4 Å². The van der Waals surface area contributed by atoms with E-state index in [1.807, 2.05) is 25.1 Å². The van der Waals surface area contributed by atoms with Crippen LogP contribution in [0.4, 0.5) is 0 Å². The monoisotopic (exact) mass is 387 g/mol. The number of benzene rings is 2.